The van der Waals surface area contributed by atoms with Crippen molar-refractivity contribution in [2.45, 2.75) is 51.1 Å². The van der Waals surface area contributed by atoms with Crippen molar-refractivity contribution in [1.29, 1.82) is 0 Å². The molecular formula is C16H25ClN2. The molecule has 0 saturated carbocycles. The molecule has 0 radical (unpaired) electrons. The average Bonchev–Trinajstić information content (AvgIpc) is 2.96. The zero-order valence-corrected chi connectivity index (χ0v) is 12.8. The molecule has 1 saturated heterocycles. The molecule has 1 aliphatic heterocycles. The van der Waals surface area contributed by atoms with Crippen molar-refractivity contribution in [2.75, 3.05) is 13.1 Å². The summed E-state index contributed by atoms with van der Waals surface area (Å²) in [6.07, 6.45) is 4.71. The summed E-state index contributed by atoms with van der Waals surface area (Å²) in [6, 6.07) is 7.99. The molecule has 0 aromatic heterocycles. The van der Waals surface area contributed by atoms with Gasteiger partial charge >= 0.3 is 0 Å². The van der Waals surface area contributed by atoms with Gasteiger partial charge in [0.2, 0.25) is 0 Å². The van der Waals surface area contributed by atoms with Gasteiger partial charge in [0.15, 0.2) is 0 Å². The van der Waals surface area contributed by atoms with E-state index < -0.39 is 0 Å². The van der Waals surface area contributed by atoms with E-state index in [9.17, 15) is 0 Å². The lowest BCUT2D eigenvalue weighted by atomic mass is 9.79. The van der Waals surface area contributed by atoms with Gasteiger partial charge in [-0.25, -0.2) is 0 Å². The van der Waals surface area contributed by atoms with Gasteiger partial charge in [0, 0.05) is 16.6 Å². The van der Waals surface area contributed by atoms with Crippen molar-refractivity contribution in [2.24, 2.45) is 5.73 Å². The van der Waals surface area contributed by atoms with Crippen molar-refractivity contribution in [1.82, 2.24) is 4.90 Å². The van der Waals surface area contributed by atoms with Crippen LogP contribution in [0.25, 0.3) is 0 Å². The van der Waals surface area contributed by atoms with Gasteiger partial charge in [-0.15, -0.1) is 0 Å². The lowest BCUT2D eigenvalue weighted by Crippen LogP contribution is -2.53. The van der Waals surface area contributed by atoms with E-state index >= 15 is 0 Å². The Morgan fingerprint density at radius 1 is 1.21 bits per heavy atom. The van der Waals surface area contributed by atoms with Gasteiger partial charge in [0.25, 0.3) is 0 Å². The van der Waals surface area contributed by atoms with E-state index in [0.29, 0.717) is 0 Å². The third-order valence-corrected chi connectivity index (χ3v) is 5.12. The fraction of sp³-hybridized carbons (Fsp3) is 0.625. The fourth-order valence-corrected chi connectivity index (χ4v) is 3.77. The molecule has 106 valence electrons. The number of likely N-dealkylation sites (tertiary alicyclic amines) is 1. The van der Waals surface area contributed by atoms with Crippen molar-refractivity contribution in [3.8, 4) is 0 Å². The molecule has 2 rings (SSSR count). The molecule has 0 bridgehead atoms. The minimum absolute atomic E-state index is 0.0192. The highest BCUT2D eigenvalue weighted by atomic mass is 35.5. The van der Waals surface area contributed by atoms with E-state index in [1.54, 1.807) is 0 Å². The van der Waals surface area contributed by atoms with Crippen LogP contribution in [0.3, 0.4) is 0 Å². The van der Waals surface area contributed by atoms with Crippen LogP contribution in [0.15, 0.2) is 24.3 Å². The summed E-state index contributed by atoms with van der Waals surface area (Å²) in [6.45, 7) is 6.83. The van der Waals surface area contributed by atoms with E-state index in [1.807, 2.05) is 18.2 Å². The van der Waals surface area contributed by atoms with Crippen LogP contribution in [0, 0.1) is 0 Å². The molecule has 0 spiro atoms. The molecule has 19 heavy (non-hydrogen) atoms. The maximum Gasteiger partial charge on any atom is 0.0496 e. The summed E-state index contributed by atoms with van der Waals surface area (Å²) in [4.78, 5) is 2.58. The number of nitrogens with two attached hydrogens (primary N) is 1. The summed E-state index contributed by atoms with van der Waals surface area (Å²) < 4.78 is 0. The molecule has 1 unspecified atom stereocenters. The highest BCUT2D eigenvalue weighted by Crippen LogP contribution is 2.39. The Morgan fingerprint density at radius 2 is 1.79 bits per heavy atom. The molecule has 1 aliphatic rings. The Balaban J connectivity index is 2.35. The average molecular weight is 281 g/mol. The summed E-state index contributed by atoms with van der Waals surface area (Å²) in [7, 11) is 0. The molecule has 1 aromatic carbocycles. The molecule has 0 aliphatic carbocycles. The second-order valence-electron chi connectivity index (χ2n) is 5.50. The number of nitrogens with zero attached hydrogens (tertiary/aromatic N) is 1. The molecule has 0 amide bonds. The molecule has 2 N–H and O–H groups in total. The molecule has 1 aromatic rings. The third-order valence-electron chi connectivity index (χ3n) is 4.78. The molecular weight excluding hydrogens is 256 g/mol. The van der Waals surface area contributed by atoms with E-state index in [4.69, 9.17) is 17.3 Å². The van der Waals surface area contributed by atoms with E-state index in [1.165, 1.54) is 25.9 Å². The van der Waals surface area contributed by atoms with Crippen molar-refractivity contribution in [3.63, 3.8) is 0 Å². The predicted octanol–water partition coefficient (Wildman–Crippen LogP) is 3.99. The van der Waals surface area contributed by atoms with Crippen molar-refractivity contribution >= 4 is 11.6 Å². The second-order valence-corrected chi connectivity index (χ2v) is 5.91. The Bertz CT molecular complexity index is 409. The summed E-state index contributed by atoms with van der Waals surface area (Å²) >= 11 is 6.35. The second kappa shape index (κ2) is 6.25. The molecule has 3 heteroatoms. The standard InChI is InChI=1S/C16H25ClN2/c1-3-16(4-2,19-11-7-8-12-19)15(18)13-9-5-6-10-14(13)17/h5-6,9-10,15H,3-4,7-8,11-12,18H2,1-2H3. The first-order chi connectivity index (χ1) is 9.15. The zero-order valence-electron chi connectivity index (χ0n) is 12.0. The smallest absolute Gasteiger partial charge is 0.0496 e. The van der Waals surface area contributed by atoms with Crippen molar-refractivity contribution in [3.05, 3.63) is 34.9 Å². The predicted molar refractivity (Wildman–Crippen MR) is 82.5 cm³/mol. The normalized spacial score (nSPS) is 18.7. The first-order valence-electron chi connectivity index (χ1n) is 7.40. The van der Waals surface area contributed by atoms with E-state index in [2.05, 4.69) is 24.8 Å². The Morgan fingerprint density at radius 3 is 2.32 bits per heavy atom. The minimum Gasteiger partial charge on any atom is -0.322 e. The Hall–Kier alpha value is -0.570. The number of hydrogen-bond donors (Lipinski definition) is 1. The summed E-state index contributed by atoms with van der Waals surface area (Å²) in [5, 5.41) is 0.792. The molecule has 2 nitrogen and oxygen atoms in total. The molecule has 1 fully saturated rings. The lowest BCUT2D eigenvalue weighted by molar-refractivity contribution is 0.0767. The Kier molecular flexibility index (Phi) is 4.88. The summed E-state index contributed by atoms with van der Waals surface area (Å²) in [5.74, 6) is 0. The lowest BCUT2D eigenvalue weighted by Gasteiger charge is -2.45. The van der Waals surface area contributed by atoms with Crippen LogP contribution in [0.5, 0.6) is 0 Å². The number of halogens is 1. The topological polar surface area (TPSA) is 29.3 Å². The zero-order chi connectivity index (χ0) is 13.9. The van der Waals surface area contributed by atoms with Gasteiger partial charge in [-0.05, 0) is 50.4 Å². The first-order valence-corrected chi connectivity index (χ1v) is 7.78. The van der Waals surface area contributed by atoms with Crippen LogP contribution in [0.4, 0.5) is 0 Å². The largest absolute Gasteiger partial charge is 0.322 e. The molecule has 1 atom stereocenters. The van der Waals surface area contributed by atoms with Crippen LogP contribution in [0.2, 0.25) is 5.02 Å². The highest BCUT2D eigenvalue weighted by molar-refractivity contribution is 6.31. The van der Waals surface area contributed by atoms with Crippen LogP contribution in [-0.4, -0.2) is 23.5 Å². The monoisotopic (exact) mass is 280 g/mol. The van der Waals surface area contributed by atoms with Crippen molar-refractivity contribution < 1.29 is 0 Å². The molecule has 1 heterocycles. The SMILES string of the molecule is CCC(CC)(C(N)c1ccccc1Cl)N1CCCC1. The van der Waals surface area contributed by atoms with Gasteiger partial charge in [-0.1, -0.05) is 43.6 Å². The van der Waals surface area contributed by atoms with E-state index in [-0.39, 0.29) is 11.6 Å². The van der Waals surface area contributed by atoms with Gasteiger partial charge in [-0.2, -0.15) is 0 Å². The van der Waals surface area contributed by atoms with Gasteiger partial charge in [-0.3, -0.25) is 4.90 Å². The van der Waals surface area contributed by atoms with Gasteiger partial charge < -0.3 is 5.73 Å². The first kappa shape index (κ1) is 14.8. The highest BCUT2D eigenvalue weighted by Gasteiger charge is 2.41. The van der Waals surface area contributed by atoms with Crippen LogP contribution >= 0.6 is 11.6 Å². The van der Waals surface area contributed by atoms with Crippen LogP contribution < -0.4 is 5.73 Å². The number of hydrogen-bond acceptors (Lipinski definition) is 2. The maximum atomic E-state index is 6.65. The number of rotatable bonds is 5. The quantitative estimate of drug-likeness (QED) is 0.883. The van der Waals surface area contributed by atoms with Crippen LogP contribution in [-0.2, 0) is 0 Å². The van der Waals surface area contributed by atoms with Crippen LogP contribution in [0.1, 0.15) is 51.1 Å². The van der Waals surface area contributed by atoms with Gasteiger partial charge in [0.05, 0.1) is 0 Å². The summed E-state index contributed by atoms with van der Waals surface area (Å²) in [5.41, 5.74) is 7.78. The maximum absolute atomic E-state index is 6.65. The minimum atomic E-state index is -0.0192. The number of benzene rings is 1. The third kappa shape index (κ3) is 2.67. The van der Waals surface area contributed by atoms with Gasteiger partial charge in [0.1, 0.15) is 0 Å². The fourth-order valence-electron chi connectivity index (χ4n) is 3.51. The van der Waals surface area contributed by atoms with E-state index in [0.717, 1.165) is 23.4 Å². The Labute approximate surface area is 121 Å².